The third-order valence-corrected chi connectivity index (χ3v) is 5.98. The summed E-state index contributed by atoms with van der Waals surface area (Å²) in [4.78, 5) is 2.55. The highest BCUT2D eigenvalue weighted by Crippen LogP contribution is 2.43. The van der Waals surface area contributed by atoms with Gasteiger partial charge in [-0.3, -0.25) is 4.90 Å². The van der Waals surface area contributed by atoms with E-state index in [0.29, 0.717) is 5.92 Å². The minimum atomic E-state index is 0.154. The maximum atomic E-state index is 4.31. The van der Waals surface area contributed by atoms with Gasteiger partial charge in [0, 0.05) is 19.6 Å². The third kappa shape index (κ3) is 2.68. The van der Waals surface area contributed by atoms with Crippen LogP contribution in [0, 0.1) is 12.8 Å². The first-order chi connectivity index (χ1) is 11.5. The summed E-state index contributed by atoms with van der Waals surface area (Å²) in [7, 11) is 2.27. The van der Waals surface area contributed by atoms with Gasteiger partial charge in [0.1, 0.15) is 0 Å². The van der Waals surface area contributed by atoms with Crippen LogP contribution in [0.4, 0.5) is 0 Å². The van der Waals surface area contributed by atoms with Gasteiger partial charge in [-0.2, -0.15) is 0 Å². The SMILES string of the molecule is C=C(/C=C\C1=C(C)CN(C)C12CNCC2CC)c1ccccc1C. The molecule has 1 saturated heterocycles. The summed E-state index contributed by atoms with van der Waals surface area (Å²) in [6.07, 6.45) is 5.76. The molecule has 2 heteroatoms. The average Bonchev–Trinajstić information content (AvgIpc) is 3.09. The predicted octanol–water partition coefficient (Wildman–Crippen LogP) is 4.19. The van der Waals surface area contributed by atoms with Crippen molar-refractivity contribution in [2.24, 2.45) is 5.92 Å². The summed E-state index contributed by atoms with van der Waals surface area (Å²) in [5, 5.41) is 3.63. The fourth-order valence-corrected chi connectivity index (χ4v) is 4.64. The molecule has 1 fully saturated rings. The molecule has 2 aliphatic heterocycles. The highest BCUT2D eigenvalue weighted by Gasteiger charge is 2.50. The normalized spacial score (nSPS) is 27.8. The molecule has 1 spiro atoms. The van der Waals surface area contributed by atoms with Crippen LogP contribution in [0.5, 0.6) is 0 Å². The minimum absolute atomic E-state index is 0.154. The van der Waals surface area contributed by atoms with Gasteiger partial charge < -0.3 is 5.32 Å². The maximum Gasteiger partial charge on any atom is 0.0626 e. The van der Waals surface area contributed by atoms with Crippen molar-refractivity contribution < 1.29 is 0 Å². The lowest BCUT2D eigenvalue weighted by molar-refractivity contribution is 0.160. The number of hydrogen-bond donors (Lipinski definition) is 1. The summed E-state index contributed by atoms with van der Waals surface area (Å²) in [5.41, 5.74) is 6.76. The number of nitrogens with zero attached hydrogens (tertiary/aromatic N) is 1. The van der Waals surface area contributed by atoms with Gasteiger partial charge in [-0.1, -0.05) is 55.5 Å². The molecule has 0 bridgehead atoms. The number of rotatable bonds is 4. The number of aryl methyl sites for hydroxylation is 1. The van der Waals surface area contributed by atoms with Gasteiger partial charge in [0.15, 0.2) is 0 Å². The second-order valence-electron chi connectivity index (χ2n) is 7.38. The van der Waals surface area contributed by atoms with Crippen LogP contribution in [-0.2, 0) is 0 Å². The molecule has 2 aliphatic rings. The first-order valence-electron chi connectivity index (χ1n) is 9.06. The molecule has 1 aromatic carbocycles. The largest absolute Gasteiger partial charge is 0.314 e. The lowest BCUT2D eigenvalue weighted by atomic mass is 9.78. The van der Waals surface area contributed by atoms with E-state index in [0.717, 1.165) is 25.2 Å². The van der Waals surface area contributed by atoms with E-state index in [1.165, 1.54) is 28.7 Å². The zero-order valence-corrected chi connectivity index (χ0v) is 15.5. The van der Waals surface area contributed by atoms with E-state index < -0.39 is 0 Å². The van der Waals surface area contributed by atoms with Crippen LogP contribution in [-0.4, -0.2) is 37.1 Å². The fraction of sp³-hybridized carbons (Fsp3) is 0.455. The molecule has 3 rings (SSSR count). The molecular weight excluding hydrogens is 292 g/mol. The van der Waals surface area contributed by atoms with Crippen LogP contribution in [0.15, 0.2) is 54.1 Å². The molecule has 24 heavy (non-hydrogen) atoms. The van der Waals surface area contributed by atoms with E-state index in [1.807, 2.05) is 0 Å². The van der Waals surface area contributed by atoms with Crippen molar-refractivity contribution in [2.45, 2.75) is 32.7 Å². The number of nitrogens with one attached hydrogen (secondary N) is 1. The fourth-order valence-electron chi connectivity index (χ4n) is 4.64. The summed E-state index contributed by atoms with van der Waals surface area (Å²) < 4.78 is 0. The number of likely N-dealkylation sites (N-methyl/N-ethyl adjacent to an activating group) is 1. The Balaban J connectivity index is 1.92. The first-order valence-corrected chi connectivity index (χ1v) is 9.06. The summed E-state index contributed by atoms with van der Waals surface area (Å²) in [5.74, 6) is 0.673. The summed E-state index contributed by atoms with van der Waals surface area (Å²) in [6, 6.07) is 8.48. The summed E-state index contributed by atoms with van der Waals surface area (Å²) >= 11 is 0. The Bertz CT molecular complexity index is 698. The van der Waals surface area contributed by atoms with E-state index in [9.17, 15) is 0 Å². The quantitative estimate of drug-likeness (QED) is 0.836. The second-order valence-corrected chi connectivity index (χ2v) is 7.38. The maximum absolute atomic E-state index is 4.31. The first kappa shape index (κ1) is 17.2. The molecule has 1 aromatic rings. The third-order valence-electron chi connectivity index (χ3n) is 5.98. The van der Waals surface area contributed by atoms with Crippen molar-refractivity contribution in [3.63, 3.8) is 0 Å². The van der Waals surface area contributed by atoms with E-state index in [1.54, 1.807) is 0 Å². The van der Waals surface area contributed by atoms with Crippen molar-refractivity contribution >= 4 is 5.57 Å². The Labute approximate surface area is 146 Å². The van der Waals surface area contributed by atoms with Crippen molar-refractivity contribution in [1.82, 2.24) is 10.2 Å². The smallest absolute Gasteiger partial charge is 0.0626 e. The monoisotopic (exact) mass is 322 g/mol. The molecule has 128 valence electrons. The van der Waals surface area contributed by atoms with Gasteiger partial charge in [0.05, 0.1) is 5.54 Å². The molecule has 0 aliphatic carbocycles. The van der Waals surface area contributed by atoms with Crippen molar-refractivity contribution in [2.75, 3.05) is 26.7 Å². The van der Waals surface area contributed by atoms with Crippen LogP contribution in [0.1, 0.15) is 31.4 Å². The topological polar surface area (TPSA) is 15.3 Å². The van der Waals surface area contributed by atoms with E-state index >= 15 is 0 Å². The van der Waals surface area contributed by atoms with Crippen LogP contribution < -0.4 is 5.32 Å². The molecule has 0 amide bonds. The Morgan fingerprint density at radius 3 is 2.83 bits per heavy atom. The minimum Gasteiger partial charge on any atom is -0.314 e. The lowest BCUT2D eigenvalue weighted by Gasteiger charge is -2.39. The molecule has 1 N–H and O–H groups in total. The summed E-state index contributed by atoms with van der Waals surface area (Å²) in [6.45, 7) is 14.3. The predicted molar refractivity (Wildman–Crippen MR) is 104 cm³/mol. The number of allylic oxidation sites excluding steroid dienone is 2. The van der Waals surface area contributed by atoms with Crippen molar-refractivity contribution in [1.29, 1.82) is 0 Å². The van der Waals surface area contributed by atoms with Crippen molar-refractivity contribution in [3.05, 3.63) is 65.3 Å². The van der Waals surface area contributed by atoms with Gasteiger partial charge in [0.25, 0.3) is 0 Å². The van der Waals surface area contributed by atoms with Gasteiger partial charge in [-0.05, 0) is 55.5 Å². The Morgan fingerprint density at radius 1 is 1.38 bits per heavy atom. The molecule has 2 nitrogen and oxygen atoms in total. The molecular formula is C22H30N2. The van der Waals surface area contributed by atoms with Gasteiger partial charge in [0.2, 0.25) is 0 Å². The molecule has 2 atom stereocenters. The average molecular weight is 322 g/mol. The van der Waals surface area contributed by atoms with Crippen LogP contribution in [0.3, 0.4) is 0 Å². The van der Waals surface area contributed by atoms with Crippen LogP contribution in [0.25, 0.3) is 5.57 Å². The van der Waals surface area contributed by atoms with Crippen LogP contribution in [0.2, 0.25) is 0 Å². The Hall–Kier alpha value is -1.64. The molecule has 2 unspecified atom stereocenters. The standard InChI is InChI=1S/C22H30N2/c1-6-19-13-23-15-22(19)21(18(4)14-24(22)5)12-11-17(3)20-10-8-7-9-16(20)2/h7-12,19,23H,3,6,13-15H2,1-2,4-5H3/b12-11-. The number of hydrogen-bond acceptors (Lipinski definition) is 2. The molecule has 2 heterocycles. The zero-order valence-electron chi connectivity index (χ0n) is 15.5. The lowest BCUT2D eigenvalue weighted by Crippen LogP contribution is -2.50. The van der Waals surface area contributed by atoms with Gasteiger partial charge in [-0.15, -0.1) is 0 Å². The Kier molecular flexibility index (Phi) is 4.80. The highest BCUT2D eigenvalue weighted by molar-refractivity contribution is 5.75. The number of benzene rings is 1. The van der Waals surface area contributed by atoms with Crippen molar-refractivity contribution in [3.8, 4) is 0 Å². The molecule has 0 aromatic heterocycles. The molecule has 0 saturated carbocycles. The van der Waals surface area contributed by atoms with Gasteiger partial charge in [-0.25, -0.2) is 0 Å². The highest BCUT2D eigenvalue weighted by atomic mass is 15.2. The van der Waals surface area contributed by atoms with Gasteiger partial charge >= 0.3 is 0 Å². The molecule has 0 radical (unpaired) electrons. The zero-order chi connectivity index (χ0) is 17.3. The van der Waals surface area contributed by atoms with E-state index in [4.69, 9.17) is 0 Å². The van der Waals surface area contributed by atoms with Crippen LogP contribution >= 0.6 is 0 Å². The van der Waals surface area contributed by atoms with E-state index in [-0.39, 0.29) is 5.54 Å². The van der Waals surface area contributed by atoms with E-state index in [2.05, 4.69) is 81.0 Å². The second kappa shape index (κ2) is 6.70. The Morgan fingerprint density at radius 2 is 2.12 bits per heavy atom.